The Morgan fingerprint density at radius 2 is 1.86 bits per heavy atom. The second-order valence-electron chi connectivity index (χ2n) is 9.44. The highest BCUT2D eigenvalue weighted by atomic mass is 16.5. The third-order valence-electron chi connectivity index (χ3n) is 6.71. The van der Waals surface area contributed by atoms with Crippen LogP contribution in [0, 0.1) is 6.92 Å². The molecule has 1 aliphatic rings. The lowest BCUT2D eigenvalue weighted by Gasteiger charge is -2.37. The van der Waals surface area contributed by atoms with Gasteiger partial charge in [0.05, 0.1) is 25.1 Å². The third-order valence-corrected chi connectivity index (χ3v) is 6.71. The Labute approximate surface area is 216 Å². The van der Waals surface area contributed by atoms with Crippen LogP contribution >= 0.6 is 0 Å². The minimum Gasteiger partial charge on any atom is -0.481 e. The van der Waals surface area contributed by atoms with Crippen molar-refractivity contribution in [3.8, 4) is 5.75 Å². The van der Waals surface area contributed by atoms with Gasteiger partial charge < -0.3 is 23.4 Å². The van der Waals surface area contributed by atoms with Gasteiger partial charge in [0, 0.05) is 13.6 Å². The van der Waals surface area contributed by atoms with Gasteiger partial charge in [-0.3, -0.25) is 9.59 Å². The van der Waals surface area contributed by atoms with Crippen molar-refractivity contribution in [3.05, 3.63) is 113 Å². The second-order valence-corrected chi connectivity index (χ2v) is 9.44. The summed E-state index contributed by atoms with van der Waals surface area (Å²) < 4.78 is 16.9. The lowest BCUT2D eigenvalue weighted by Crippen LogP contribution is -2.40. The summed E-state index contributed by atoms with van der Waals surface area (Å²) in [6.45, 7) is 4.71. The zero-order valence-electron chi connectivity index (χ0n) is 21.2. The Morgan fingerprint density at radius 1 is 1.05 bits per heavy atom. The van der Waals surface area contributed by atoms with Crippen molar-refractivity contribution in [1.82, 2.24) is 9.80 Å². The average molecular weight is 499 g/mol. The van der Waals surface area contributed by atoms with Gasteiger partial charge in [0.1, 0.15) is 11.5 Å². The molecule has 0 saturated carbocycles. The van der Waals surface area contributed by atoms with Gasteiger partial charge in [-0.1, -0.05) is 35.9 Å². The molecule has 7 heteroatoms. The van der Waals surface area contributed by atoms with E-state index in [9.17, 15) is 9.59 Å². The molecular weight excluding hydrogens is 468 g/mol. The monoisotopic (exact) mass is 498 g/mol. The van der Waals surface area contributed by atoms with E-state index in [0.717, 1.165) is 22.3 Å². The summed E-state index contributed by atoms with van der Waals surface area (Å²) in [4.78, 5) is 29.8. The quantitative estimate of drug-likeness (QED) is 0.341. The number of hydrogen-bond acceptors (Lipinski definition) is 5. The third kappa shape index (κ3) is 5.16. The first-order valence-electron chi connectivity index (χ1n) is 12.4. The van der Waals surface area contributed by atoms with Gasteiger partial charge in [0.15, 0.2) is 11.9 Å². The molecule has 0 aliphatic carbocycles. The first-order valence-corrected chi connectivity index (χ1v) is 12.4. The molecule has 5 rings (SSSR count). The van der Waals surface area contributed by atoms with Crippen molar-refractivity contribution >= 4 is 11.8 Å². The Bertz CT molecular complexity index is 1380. The molecular formula is C30H30N2O5. The minimum atomic E-state index is -0.695. The summed E-state index contributed by atoms with van der Waals surface area (Å²) >= 11 is 0. The molecule has 0 radical (unpaired) electrons. The first kappa shape index (κ1) is 24.4. The summed E-state index contributed by atoms with van der Waals surface area (Å²) in [5.41, 5.74) is 4.26. The number of nitrogens with zero attached hydrogens (tertiary/aromatic N) is 2. The van der Waals surface area contributed by atoms with E-state index < -0.39 is 6.10 Å². The molecule has 4 aromatic rings. The van der Waals surface area contributed by atoms with E-state index in [1.165, 1.54) is 6.26 Å². The van der Waals surface area contributed by atoms with Gasteiger partial charge in [-0.2, -0.15) is 0 Å². The van der Waals surface area contributed by atoms with E-state index in [4.69, 9.17) is 13.6 Å². The van der Waals surface area contributed by atoms with Crippen LogP contribution in [0.2, 0.25) is 0 Å². The Hall–Kier alpha value is -4.26. The maximum atomic E-state index is 13.4. The topological polar surface area (TPSA) is 76.1 Å². The van der Waals surface area contributed by atoms with E-state index in [0.29, 0.717) is 36.8 Å². The Balaban J connectivity index is 1.43. The maximum absolute atomic E-state index is 13.4. The summed E-state index contributed by atoms with van der Waals surface area (Å²) in [7, 11) is 1.73. The number of amides is 2. The predicted molar refractivity (Wildman–Crippen MR) is 138 cm³/mol. The van der Waals surface area contributed by atoms with Crippen molar-refractivity contribution in [2.75, 3.05) is 13.6 Å². The molecule has 37 heavy (non-hydrogen) atoms. The molecule has 0 spiro atoms. The summed E-state index contributed by atoms with van der Waals surface area (Å²) in [6.07, 6.45) is 3.12. The highest BCUT2D eigenvalue weighted by Crippen LogP contribution is 2.38. The number of rotatable bonds is 7. The zero-order chi connectivity index (χ0) is 25.9. The van der Waals surface area contributed by atoms with E-state index in [2.05, 4.69) is 6.07 Å². The smallest absolute Gasteiger partial charge is 0.290 e. The molecule has 0 unspecified atom stereocenters. The van der Waals surface area contributed by atoms with Gasteiger partial charge in [-0.15, -0.1) is 0 Å². The molecule has 0 N–H and O–H groups in total. The van der Waals surface area contributed by atoms with Crippen molar-refractivity contribution in [2.24, 2.45) is 0 Å². The standard InChI is InChI=1S/C30H30N2O5/c1-20-7-4-8-23(17-20)28-26-18-24(37-21(2)29(33)31(3)19-25-9-5-15-35-25)12-11-22(26)13-14-32(28)30(34)27-10-6-16-36-27/h4-12,15-18,21,28H,13-14,19H2,1-3H3/t21-,28+/m0/s1. The van der Waals surface area contributed by atoms with E-state index in [1.807, 2.05) is 54.3 Å². The lowest BCUT2D eigenvalue weighted by atomic mass is 9.87. The van der Waals surface area contributed by atoms with Crippen LogP contribution in [-0.2, 0) is 17.8 Å². The molecule has 2 amide bonds. The van der Waals surface area contributed by atoms with Crippen LogP contribution in [0.25, 0.3) is 0 Å². The second kappa shape index (κ2) is 10.4. The molecule has 0 bridgehead atoms. The number of likely N-dealkylation sites (N-methyl/N-ethyl adjacent to an activating group) is 1. The van der Waals surface area contributed by atoms with Gasteiger partial charge in [0.25, 0.3) is 11.8 Å². The van der Waals surface area contributed by atoms with Crippen LogP contribution in [0.5, 0.6) is 5.75 Å². The number of ether oxygens (including phenoxy) is 1. The van der Waals surface area contributed by atoms with Crippen LogP contribution in [0.1, 0.15) is 51.5 Å². The largest absolute Gasteiger partial charge is 0.481 e. The number of carbonyl (C=O) groups excluding carboxylic acids is 2. The number of aryl methyl sites for hydroxylation is 1. The molecule has 190 valence electrons. The molecule has 1 aliphatic heterocycles. The average Bonchev–Trinajstić information content (AvgIpc) is 3.62. The number of hydrogen-bond donors (Lipinski definition) is 0. The fourth-order valence-corrected chi connectivity index (χ4v) is 4.91. The van der Waals surface area contributed by atoms with E-state index >= 15 is 0 Å². The molecule has 3 heterocycles. The van der Waals surface area contributed by atoms with Crippen molar-refractivity contribution in [1.29, 1.82) is 0 Å². The van der Waals surface area contributed by atoms with E-state index in [-0.39, 0.29) is 17.9 Å². The van der Waals surface area contributed by atoms with Crippen LogP contribution < -0.4 is 4.74 Å². The lowest BCUT2D eigenvalue weighted by molar-refractivity contribution is -0.137. The molecule has 2 aromatic carbocycles. The fraction of sp³-hybridized carbons (Fsp3) is 0.267. The normalized spacial score (nSPS) is 15.6. The Morgan fingerprint density at radius 3 is 2.59 bits per heavy atom. The van der Waals surface area contributed by atoms with Gasteiger partial charge >= 0.3 is 0 Å². The van der Waals surface area contributed by atoms with Crippen LogP contribution in [0.15, 0.2) is 88.1 Å². The zero-order valence-corrected chi connectivity index (χ0v) is 21.2. The van der Waals surface area contributed by atoms with Crippen molar-refractivity contribution in [3.63, 3.8) is 0 Å². The predicted octanol–water partition coefficient (Wildman–Crippen LogP) is 5.39. The van der Waals surface area contributed by atoms with E-state index in [1.54, 1.807) is 43.3 Å². The minimum absolute atomic E-state index is 0.154. The molecule has 0 saturated heterocycles. The molecule has 2 aromatic heterocycles. The molecule has 0 fully saturated rings. The van der Waals surface area contributed by atoms with Crippen LogP contribution in [-0.4, -0.2) is 41.3 Å². The van der Waals surface area contributed by atoms with Crippen LogP contribution in [0.3, 0.4) is 0 Å². The van der Waals surface area contributed by atoms with Crippen molar-refractivity contribution in [2.45, 2.75) is 39.0 Å². The highest BCUT2D eigenvalue weighted by molar-refractivity contribution is 5.92. The first-order chi connectivity index (χ1) is 17.9. The van der Waals surface area contributed by atoms with Crippen LogP contribution in [0.4, 0.5) is 0 Å². The number of carbonyl (C=O) groups is 2. The summed E-state index contributed by atoms with van der Waals surface area (Å²) in [5.74, 6) is 1.29. The SMILES string of the molecule is Cc1cccc([C@@H]2c3cc(O[C@@H](C)C(=O)N(C)Cc4ccco4)ccc3CCN2C(=O)c2ccco2)c1. The van der Waals surface area contributed by atoms with Gasteiger partial charge in [-0.25, -0.2) is 0 Å². The van der Waals surface area contributed by atoms with Gasteiger partial charge in [-0.05, 0) is 73.4 Å². The van der Waals surface area contributed by atoms with Gasteiger partial charge in [0.2, 0.25) is 0 Å². The highest BCUT2D eigenvalue weighted by Gasteiger charge is 2.34. The maximum Gasteiger partial charge on any atom is 0.290 e. The molecule has 2 atom stereocenters. The van der Waals surface area contributed by atoms with Crippen molar-refractivity contribution < 1.29 is 23.2 Å². The number of furan rings is 2. The summed E-state index contributed by atoms with van der Waals surface area (Å²) in [5, 5.41) is 0. The summed E-state index contributed by atoms with van der Waals surface area (Å²) in [6, 6.07) is 20.8. The fourth-order valence-electron chi connectivity index (χ4n) is 4.91. The number of benzene rings is 2. The number of fused-ring (bicyclic) bond motifs is 1. The Kier molecular flexibility index (Phi) is 6.86. The molecule has 7 nitrogen and oxygen atoms in total.